The highest BCUT2D eigenvalue weighted by Crippen LogP contribution is 2.07. The maximum Gasteiger partial charge on any atom is 0.171 e. The van der Waals surface area contributed by atoms with E-state index < -0.39 is 15.8 Å². The van der Waals surface area contributed by atoms with Crippen molar-refractivity contribution in [2.24, 2.45) is 0 Å². The van der Waals surface area contributed by atoms with E-state index in [0.717, 1.165) is 0 Å². The Morgan fingerprint density at radius 3 is 2.12 bits per heavy atom. The molecule has 0 aliphatic rings. The first kappa shape index (κ1) is 7.67. The summed E-state index contributed by atoms with van der Waals surface area (Å²) >= 11 is -1.91. The van der Waals surface area contributed by atoms with Gasteiger partial charge in [-0.05, 0) is 13.8 Å². The molecule has 0 spiro atoms. The summed E-state index contributed by atoms with van der Waals surface area (Å²) in [5.41, 5.74) is 0. The molecule has 0 bridgehead atoms. The van der Waals surface area contributed by atoms with E-state index in [9.17, 15) is 4.21 Å². The van der Waals surface area contributed by atoms with Crippen molar-refractivity contribution in [3.05, 3.63) is 0 Å². The molecular weight excluding hydrogens is 124 g/mol. The van der Waals surface area contributed by atoms with Crippen LogP contribution < -0.4 is 0 Å². The second-order valence-corrected chi connectivity index (χ2v) is 3.42. The van der Waals surface area contributed by atoms with Crippen molar-refractivity contribution in [3.63, 3.8) is 0 Å². The van der Waals surface area contributed by atoms with Gasteiger partial charge in [-0.25, -0.2) is 4.21 Å². The number of hydrogen-bond donors (Lipinski definition) is 1. The van der Waals surface area contributed by atoms with Crippen LogP contribution in [-0.2, 0) is 11.1 Å². The smallest absolute Gasteiger partial charge is 0.171 e. The maximum atomic E-state index is 10.2. The molecule has 0 radical (unpaired) electrons. The summed E-state index contributed by atoms with van der Waals surface area (Å²) < 4.78 is 17.7. The number of rotatable bonds is 1. The molecule has 2 nitrogen and oxygen atoms in total. The van der Waals surface area contributed by atoms with Crippen LogP contribution in [0.5, 0.6) is 0 Å². The largest absolute Gasteiger partial charge is 0.305 e. The van der Waals surface area contributed by atoms with E-state index in [1.54, 1.807) is 0 Å². The standard InChI is InChI=1S/C5H8O2S/c1-4-5(2,3)8(6)7/h1H,2-3H3,(H,6,7). The van der Waals surface area contributed by atoms with Crippen molar-refractivity contribution < 1.29 is 8.76 Å². The fourth-order valence-electron chi connectivity index (χ4n) is 0.0504. The third-order valence-corrected chi connectivity index (χ3v) is 1.78. The Hall–Kier alpha value is -0.330. The van der Waals surface area contributed by atoms with Crippen LogP contribution in [-0.4, -0.2) is 13.5 Å². The van der Waals surface area contributed by atoms with E-state index in [-0.39, 0.29) is 0 Å². The molecule has 0 rings (SSSR count). The summed E-state index contributed by atoms with van der Waals surface area (Å²) in [6.45, 7) is 3.06. The zero-order valence-electron chi connectivity index (χ0n) is 4.84. The SMILES string of the molecule is C#CC(C)(C)S(=O)O. The summed E-state index contributed by atoms with van der Waals surface area (Å²) in [5.74, 6) is 2.19. The van der Waals surface area contributed by atoms with Gasteiger partial charge in [0.05, 0.1) is 0 Å². The molecule has 0 saturated heterocycles. The Bertz CT molecular complexity index is 143. The van der Waals surface area contributed by atoms with Crippen molar-refractivity contribution >= 4 is 11.1 Å². The van der Waals surface area contributed by atoms with Crippen molar-refractivity contribution in [3.8, 4) is 12.3 Å². The molecule has 0 aliphatic heterocycles. The zero-order chi connectivity index (χ0) is 6.78. The van der Waals surface area contributed by atoms with E-state index in [1.807, 2.05) is 0 Å². The monoisotopic (exact) mass is 132 g/mol. The molecular formula is C5H8O2S. The highest BCUT2D eigenvalue weighted by atomic mass is 32.2. The quantitative estimate of drug-likeness (QED) is 0.419. The van der Waals surface area contributed by atoms with Crippen LogP contribution in [0.2, 0.25) is 0 Å². The van der Waals surface area contributed by atoms with Gasteiger partial charge in [-0.3, -0.25) is 0 Å². The molecule has 0 aromatic rings. The molecule has 1 unspecified atom stereocenters. The normalized spacial score (nSPS) is 14.8. The molecule has 0 aromatic heterocycles. The van der Waals surface area contributed by atoms with Crippen molar-refractivity contribution in [2.45, 2.75) is 18.6 Å². The zero-order valence-corrected chi connectivity index (χ0v) is 5.66. The van der Waals surface area contributed by atoms with E-state index in [1.165, 1.54) is 13.8 Å². The van der Waals surface area contributed by atoms with Crippen molar-refractivity contribution in [2.75, 3.05) is 0 Å². The fraction of sp³-hybridized carbons (Fsp3) is 0.600. The van der Waals surface area contributed by atoms with Crippen molar-refractivity contribution in [1.29, 1.82) is 0 Å². The average Bonchev–Trinajstić information content (AvgIpc) is 1.67. The first-order valence-corrected chi connectivity index (χ1v) is 3.20. The summed E-state index contributed by atoms with van der Waals surface area (Å²) in [7, 11) is 0. The lowest BCUT2D eigenvalue weighted by Crippen LogP contribution is -2.22. The average molecular weight is 132 g/mol. The lowest BCUT2D eigenvalue weighted by atomic mass is 10.2. The molecule has 3 heteroatoms. The second-order valence-electron chi connectivity index (χ2n) is 1.90. The second kappa shape index (κ2) is 2.29. The van der Waals surface area contributed by atoms with Gasteiger partial charge in [-0.1, -0.05) is 5.92 Å². The lowest BCUT2D eigenvalue weighted by molar-refractivity contribution is 0.542. The van der Waals surface area contributed by atoms with Crippen LogP contribution >= 0.6 is 0 Å². The minimum atomic E-state index is -1.91. The molecule has 0 aromatic carbocycles. The molecule has 0 saturated carbocycles. The summed E-state index contributed by atoms with van der Waals surface area (Å²) in [6.07, 6.45) is 4.90. The Morgan fingerprint density at radius 2 is 2.12 bits per heavy atom. The van der Waals surface area contributed by atoms with Gasteiger partial charge in [0, 0.05) is 0 Å². The van der Waals surface area contributed by atoms with E-state index in [0.29, 0.717) is 0 Å². The first-order valence-electron chi connectivity index (χ1n) is 2.09. The van der Waals surface area contributed by atoms with Gasteiger partial charge >= 0.3 is 0 Å². The van der Waals surface area contributed by atoms with Gasteiger partial charge < -0.3 is 4.55 Å². The Morgan fingerprint density at radius 1 is 1.75 bits per heavy atom. The lowest BCUT2D eigenvalue weighted by Gasteiger charge is -2.09. The summed E-state index contributed by atoms with van der Waals surface area (Å²) in [4.78, 5) is 0. The van der Waals surface area contributed by atoms with Crippen LogP contribution in [0.15, 0.2) is 0 Å². The Labute approximate surface area is 51.6 Å². The van der Waals surface area contributed by atoms with Gasteiger partial charge in [0.25, 0.3) is 0 Å². The minimum Gasteiger partial charge on any atom is -0.305 e. The highest BCUT2D eigenvalue weighted by molar-refractivity contribution is 7.81. The number of terminal acetylenes is 1. The molecule has 1 N–H and O–H groups in total. The van der Waals surface area contributed by atoms with Crippen LogP contribution in [0, 0.1) is 12.3 Å². The van der Waals surface area contributed by atoms with Gasteiger partial charge in [0.2, 0.25) is 0 Å². The molecule has 0 fully saturated rings. The van der Waals surface area contributed by atoms with Crippen LogP contribution in [0.3, 0.4) is 0 Å². The molecule has 8 heavy (non-hydrogen) atoms. The van der Waals surface area contributed by atoms with E-state index >= 15 is 0 Å². The van der Waals surface area contributed by atoms with Gasteiger partial charge in [0.1, 0.15) is 4.75 Å². The summed E-state index contributed by atoms with van der Waals surface area (Å²) in [5, 5.41) is 0. The van der Waals surface area contributed by atoms with Crippen LogP contribution in [0.4, 0.5) is 0 Å². The molecule has 0 heterocycles. The Kier molecular flexibility index (Phi) is 2.20. The minimum absolute atomic E-state index is 0.903. The predicted molar refractivity (Wildman–Crippen MR) is 33.7 cm³/mol. The molecule has 1 atom stereocenters. The predicted octanol–water partition coefficient (Wildman–Crippen LogP) is 0.620. The maximum absolute atomic E-state index is 10.2. The molecule has 0 aliphatic carbocycles. The van der Waals surface area contributed by atoms with E-state index in [4.69, 9.17) is 11.0 Å². The molecule has 0 amide bonds. The van der Waals surface area contributed by atoms with Gasteiger partial charge in [-0.2, -0.15) is 0 Å². The van der Waals surface area contributed by atoms with Crippen LogP contribution in [0.25, 0.3) is 0 Å². The highest BCUT2D eigenvalue weighted by Gasteiger charge is 2.20. The third-order valence-electron chi connectivity index (χ3n) is 0.784. The molecule has 46 valence electrons. The van der Waals surface area contributed by atoms with Crippen LogP contribution in [0.1, 0.15) is 13.8 Å². The van der Waals surface area contributed by atoms with Crippen molar-refractivity contribution in [1.82, 2.24) is 0 Å². The fourth-order valence-corrected chi connectivity index (χ4v) is 0.151. The van der Waals surface area contributed by atoms with Gasteiger partial charge in [0.15, 0.2) is 11.1 Å². The Balaban J connectivity index is 4.19. The first-order chi connectivity index (χ1) is 3.50. The topological polar surface area (TPSA) is 37.3 Å². The summed E-state index contributed by atoms with van der Waals surface area (Å²) in [6, 6.07) is 0. The third kappa shape index (κ3) is 1.65. The number of hydrogen-bond acceptors (Lipinski definition) is 1. The van der Waals surface area contributed by atoms with E-state index in [2.05, 4.69) is 5.92 Å². The van der Waals surface area contributed by atoms with Gasteiger partial charge in [-0.15, -0.1) is 6.42 Å².